The first-order valence-electron chi connectivity index (χ1n) is 9.81. The zero-order chi connectivity index (χ0) is 17.7. The summed E-state index contributed by atoms with van der Waals surface area (Å²) in [5.41, 5.74) is 0. The van der Waals surface area contributed by atoms with Crippen LogP contribution in [-0.2, 0) is 14.6 Å². The highest BCUT2D eigenvalue weighted by atomic mass is 32.2. The number of nitrogens with one attached hydrogen (secondary N) is 1. The number of hydrogen-bond acceptors (Lipinski definition) is 4. The molecule has 2 atom stereocenters. The molecule has 1 saturated carbocycles. The highest BCUT2D eigenvalue weighted by Gasteiger charge is 2.29. The zero-order valence-corrected chi connectivity index (χ0v) is 16.3. The molecule has 0 amide bonds. The van der Waals surface area contributed by atoms with Gasteiger partial charge in [0.15, 0.2) is 15.8 Å². The van der Waals surface area contributed by atoms with Gasteiger partial charge in [0.2, 0.25) is 0 Å². The summed E-state index contributed by atoms with van der Waals surface area (Å²) in [7, 11) is -1.06. The highest BCUT2D eigenvalue weighted by molar-refractivity contribution is 7.91. The normalized spacial score (nSPS) is 30.8. The van der Waals surface area contributed by atoms with E-state index < -0.39 is 9.84 Å². The number of likely N-dealkylation sites (tertiary alicyclic amines) is 1. The van der Waals surface area contributed by atoms with Crippen molar-refractivity contribution in [1.82, 2.24) is 10.2 Å². The third-order valence-electron chi connectivity index (χ3n) is 5.75. The molecular formula is C18H33N3O3S. The van der Waals surface area contributed by atoms with E-state index in [0.29, 0.717) is 30.0 Å². The van der Waals surface area contributed by atoms with Gasteiger partial charge >= 0.3 is 0 Å². The van der Waals surface area contributed by atoms with E-state index in [1.54, 1.807) is 7.11 Å². The quantitative estimate of drug-likeness (QED) is 0.588. The smallest absolute Gasteiger partial charge is 0.194 e. The van der Waals surface area contributed by atoms with Crippen molar-refractivity contribution in [3.63, 3.8) is 0 Å². The van der Waals surface area contributed by atoms with Gasteiger partial charge in [0.25, 0.3) is 0 Å². The number of guanidine groups is 1. The summed E-state index contributed by atoms with van der Waals surface area (Å²) >= 11 is 0. The maximum absolute atomic E-state index is 11.7. The minimum atomic E-state index is -2.83. The second-order valence-electron chi connectivity index (χ2n) is 7.97. The Bertz CT molecular complexity index is 558. The SMILES string of the molecule is COCC1CCN(C(=NCC2CCS(=O)(=O)C2)NC2CCCCC2)C1. The van der Waals surface area contributed by atoms with Crippen LogP contribution in [0.15, 0.2) is 4.99 Å². The van der Waals surface area contributed by atoms with Crippen LogP contribution in [0.25, 0.3) is 0 Å². The molecule has 3 aliphatic rings. The summed E-state index contributed by atoms with van der Waals surface area (Å²) in [6.07, 6.45) is 8.24. The van der Waals surface area contributed by atoms with Crippen molar-refractivity contribution in [3.05, 3.63) is 0 Å². The molecule has 0 aromatic rings. The number of nitrogens with zero attached hydrogens (tertiary/aromatic N) is 2. The Morgan fingerprint density at radius 1 is 1.16 bits per heavy atom. The van der Waals surface area contributed by atoms with Gasteiger partial charge in [0.05, 0.1) is 18.1 Å². The van der Waals surface area contributed by atoms with Crippen molar-refractivity contribution < 1.29 is 13.2 Å². The molecule has 1 aliphatic carbocycles. The highest BCUT2D eigenvalue weighted by Crippen LogP contribution is 2.22. The largest absolute Gasteiger partial charge is 0.384 e. The standard InChI is InChI=1S/C18H33N3O3S/c1-24-13-16-7-9-21(12-16)18(20-17-5-3-2-4-6-17)19-11-15-8-10-25(22,23)14-15/h15-17H,2-14H2,1H3,(H,19,20). The van der Waals surface area contributed by atoms with E-state index in [0.717, 1.165) is 38.5 Å². The second kappa shape index (κ2) is 8.71. The third kappa shape index (κ3) is 5.58. The molecule has 0 aromatic carbocycles. The molecule has 25 heavy (non-hydrogen) atoms. The van der Waals surface area contributed by atoms with Crippen LogP contribution in [-0.4, -0.2) is 70.2 Å². The van der Waals surface area contributed by atoms with Gasteiger partial charge in [0.1, 0.15) is 0 Å². The molecule has 0 spiro atoms. The fraction of sp³-hybridized carbons (Fsp3) is 0.944. The average Bonchev–Trinajstić information content (AvgIpc) is 3.19. The van der Waals surface area contributed by atoms with Gasteiger partial charge < -0.3 is 15.0 Å². The second-order valence-corrected chi connectivity index (χ2v) is 10.2. The molecule has 2 heterocycles. The predicted molar refractivity (Wildman–Crippen MR) is 101 cm³/mol. The van der Waals surface area contributed by atoms with Gasteiger partial charge in [-0.25, -0.2) is 8.42 Å². The molecule has 0 bridgehead atoms. The molecule has 0 aromatic heterocycles. The Labute approximate surface area is 152 Å². The summed E-state index contributed by atoms with van der Waals surface area (Å²) < 4.78 is 28.7. The molecule has 3 fully saturated rings. The lowest BCUT2D eigenvalue weighted by atomic mass is 9.96. The summed E-state index contributed by atoms with van der Waals surface area (Å²) in [6, 6.07) is 0.515. The van der Waals surface area contributed by atoms with Gasteiger partial charge in [-0.2, -0.15) is 0 Å². The Balaban J connectivity index is 1.62. The number of sulfone groups is 1. The van der Waals surface area contributed by atoms with Gasteiger partial charge in [-0.15, -0.1) is 0 Å². The number of hydrogen-bond donors (Lipinski definition) is 1. The maximum atomic E-state index is 11.7. The fourth-order valence-corrected chi connectivity index (χ4v) is 6.14. The molecule has 144 valence electrons. The van der Waals surface area contributed by atoms with Crippen LogP contribution < -0.4 is 5.32 Å². The van der Waals surface area contributed by atoms with Crippen molar-refractivity contribution in [2.24, 2.45) is 16.8 Å². The number of methoxy groups -OCH3 is 1. The molecule has 2 unspecified atom stereocenters. The van der Waals surface area contributed by atoms with E-state index in [4.69, 9.17) is 9.73 Å². The minimum absolute atomic E-state index is 0.186. The van der Waals surface area contributed by atoms with Crippen LogP contribution in [0.1, 0.15) is 44.9 Å². The van der Waals surface area contributed by atoms with Crippen LogP contribution in [0.3, 0.4) is 0 Å². The molecule has 6 nitrogen and oxygen atoms in total. The van der Waals surface area contributed by atoms with Gasteiger partial charge in [0, 0.05) is 38.7 Å². The first-order chi connectivity index (χ1) is 12.1. The Kier molecular flexibility index (Phi) is 6.61. The van der Waals surface area contributed by atoms with E-state index in [1.807, 2.05) is 0 Å². The van der Waals surface area contributed by atoms with Gasteiger partial charge in [-0.05, 0) is 31.6 Å². The van der Waals surface area contributed by atoms with E-state index in [1.165, 1.54) is 32.1 Å². The maximum Gasteiger partial charge on any atom is 0.194 e. The fourth-order valence-electron chi connectivity index (χ4n) is 4.29. The molecule has 2 saturated heterocycles. The van der Waals surface area contributed by atoms with E-state index >= 15 is 0 Å². The zero-order valence-electron chi connectivity index (χ0n) is 15.5. The lowest BCUT2D eigenvalue weighted by molar-refractivity contribution is 0.157. The number of ether oxygens (including phenoxy) is 1. The lowest BCUT2D eigenvalue weighted by Gasteiger charge is -2.29. The summed E-state index contributed by atoms with van der Waals surface area (Å²) in [4.78, 5) is 7.22. The van der Waals surface area contributed by atoms with E-state index in [9.17, 15) is 8.42 Å². The Morgan fingerprint density at radius 3 is 2.64 bits per heavy atom. The van der Waals surface area contributed by atoms with Gasteiger partial charge in [-0.1, -0.05) is 19.3 Å². The van der Waals surface area contributed by atoms with Crippen LogP contribution in [0, 0.1) is 11.8 Å². The summed E-state index contributed by atoms with van der Waals surface area (Å²) in [6.45, 7) is 3.42. The van der Waals surface area contributed by atoms with Crippen molar-refractivity contribution >= 4 is 15.8 Å². The third-order valence-corrected chi connectivity index (χ3v) is 7.59. The van der Waals surface area contributed by atoms with Crippen molar-refractivity contribution in [1.29, 1.82) is 0 Å². The summed E-state index contributed by atoms with van der Waals surface area (Å²) in [5.74, 6) is 2.38. The van der Waals surface area contributed by atoms with Crippen molar-refractivity contribution in [2.75, 3.05) is 44.9 Å². The monoisotopic (exact) mass is 371 g/mol. The predicted octanol–water partition coefficient (Wildman–Crippen LogP) is 1.67. The van der Waals surface area contributed by atoms with E-state index in [-0.39, 0.29) is 5.92 Å². The Hall–Kier alpha value is -0.820. The van der Waals surface area contributed by atoms with Gasteiger partial charge in [-0.3, -0.25) is 4.99 Å². The summed E-state index contributed by atoms with van der Waals surface area (Å²) in [5, 5.41) is 3.69. The molecule has 7 heteroatoms. The topological polar surface area (TPSA) is 71.0 Å². The Morgan fingerprint density at radius 2 is 1.96 bits per heavy atom. The first kappa shape index (κ1) is 19.0. The van der Waals surface area contributed by atoms with Crippen LogP contribution >= 0.6 is 0 Å². The average molecular weight is 372 g/mol. The van der Waals surface area contributed by atoms with Crippen LogP contribution in [0.4, 0.5) is 0 Å². The van der Waals surface area contributed by atoms with Crippen LogP contribution in [0.5, 0.6) is 0 Å². The van der Waals surface area contributed by atoms with E-state index in [2.05, 4.69) is 10.2 Å². The minimum Gasteiger partial charge on any atom is -0.384 e. The number of aliphatic imine (C=N–C) groups is 1. The molecule has 0 radical (unpaired) electrons. The van der Waals surface area contributed by atoms with Crippen molar-refractivity contribution in [2.45, 2.75) is 51.0 Å². The molecular weight excluding hydrogens is 338 g/mol. The molecule has 3 rings (SSSR count). The van der Waals surface area contributed by atoms with Crippen LogP contribution in [0.2, 0.25) is 0 Å². The number of rotatable bonds is 5. The van der Waals surface area contributed by atoms with Crippen molar-refractivity contribution in [3.8, 4) is 0 Å². The first-order valence-corrected chi connectivity index (χ1v) is 11.6. The molecule has 2 aliphatic heterocycles. The lowest BCUT2D eigenvalue weighted by Crippen LogP contribution is -2.46. The molecule has 1 N–H and O–H groups in total.